The molecule has 0 aromatic heterocycles. The predicted octanol–water partition coefficient (Wildman–Crippen LogP) is 4.15. The van der Waals surface area contributed by atoms with E-state index in [4.69, 9.17) is 0 Å². The summed E-state index contributed by atoms with van der Waals surface area (Å²) < 4.78 is 0. The third-order valence-electron chi connectivity index (χ3n) is 4.90. The molecule has 2 heteroatoms. The SMILES string of the molecule is CCCCCCC(C)(CCCC)N1CCN(C)CC1. The molecule has 1 aliphatic rings. The molecule has 1 saturated heterocycles. The average molecular weight is 268 g/mol. The fourth-order valence-electron chi connectivity index (χ4n) is 3.28. The first-order valence-electron chi connectivity index (χ1n) is 8.56. The van der Waals surface area contributed by atoms with Gasteiger partial charge in [0.1, 0.15) is 0 Å². The molecule has 19 heavy (non-hydrogen) atoms. The lowest BCUT2D eigenvalue weighted by Gasteiger charge is -2.46. The van der Waals surface area contributed by atoms with Gasteiger partial charge in [0.15, 0.2) is 0 Å². The van der Waals surface area contributed by atoms with Crippen LogP contribution in [0.15, 0.2) is 0 Å². The number of hydrogen-bond donors (Lipinski definition) is 0. The number of unbranched alkanes of at least 4 members (excludes halogenated alkanes) is 4. The maximum atomic E-state index is 2.79. The molecule has 2 nitrogen and oxygen atoms in total. The minimum Gasteiger partial charge on any atom is -0.304 e. The van der Waals surface area contributed by atoms with Crippen LogP contribution in [0.25, 0.3) is 0 Å². The molecule has 1 unspecified atom stereocenters. The number of piperazine rings is 1. The Hall–Kier alpha value is -0.0800. The van der Waals surface area contributed by atoms with Crippen molar-refractivity contribution in [3.05, 3.63) is 0 Å². The highest BCUT2D eigenvalue weighted by atomic mass is 15.3. The smallest absolute Gasteiger partial charge is 0.0182 e. The molecular weight excluding hydrogens is 232 g/mol. The Labute approximate surface area is 121 Å². The molecule has 0 aliphatic carbocycles. The molecule has 0 aromatic rings. The van der Waals surface area contributed by atoms with Gasteiger partial charge in [-0.05, 0) is 26.8 Å². The van der Waals surface area contributed by atoms with Crippen molar-refractivity contribution in [2.75, 3.05) is 33.2 Å². The van der Waals surface area contributed by atoms with Crippen molar-refractivity contribution in [1.82, 2.24) is 9.80 Å². The predicted molar refractivity (Wildman–Crippen MR) is 85.8 cm³/mol. The van der Waals surface area contributed by atoms with E-state index in [1.807, 2.05) is 0 Å². The van der Waals surface area contributed by atoms with Gasteiger partial charge in [-0.1, -0.05) is 52.4 Å². The Bertz CT molecular complexity index is 221. The zero-order valence-corrected chi connectivity index (χ0v) is 13.9. The molecule has 0 N–H and O–H groups in total. The summed E-state index contributed by atoms with van der Waals surface area (Å²) in [6, 6.07) is 0. The fraction of sp³-hybridized carbons (Fsp3) is 1.00. The minimum absolute atomic E-state index is 0.463. The highest BCUT2D eigenvalue weighted by Crippen LogP contribution is 2.29. The third-order valence-corrected chi connectivity index (χ3v) is 4.90. The second-order valence-corrected chi connectivity index (χ2v) is 6.70. The van der Waals surface area contributed by atoms with Crippen molar-refractivity contribution in [3.63, 3.8) is 0 Å². The molecular formula is C17H36N2. The second kappa shape index (κ2) is 8.97. The van der Waals surface area contributed by atoms with Crippen LogP contribution < -0.4 is 0 Å². The van der Waals surface area contributed by atoms with E-state index < -0.39 is 0 Å². The normalized spacial score (nSPS) is 21.5. The summed E-state index contributed by atoms with van der Waals surface area (Å²) in [4.78, 5) is 5.25. The van der Waals surface area contributed by atoms with Crippen molar-refractivity contribution in [3.8, 4) is 0 Å². The van der Waals surface area contributed by atoms with Crippen LogP contribution in [0.4, 0.5) is 0 Å². The van der Waals surface area contributed by atoms with Crippen LogP contribution in [0, 0.1) is 0 Å². The quantitative estimate of drug-likeness (QED) is 0.580. The van der Waals surface area contributed by atoms with Crippen LogP contribution >= 0.6 is 0 Å². The van der Waals surface area contributed by atoms with Gasteiger partial charge in [-0.2, -0.15) is 0 Å². The fourth-order valence-corrected chi connectivity index (χ4v) is 3.28. The Kier molecular flexibility index (Phi) is 8.01. The zero-order valence-electron chi connectivity index (χ0n) is 13.9. The highest BCUT2D eigenvalue weighted by molar-refractivity contribution is 4.88. The van der Waals surface area contributed by atoms with E-state index >= 15 is 0 Å². The lowest BCUT2D eigenvalue weighted by Crippen LogP contribution is -2.55. The van der Waals surface area contributed by atoms with Gasteiger partial charge in [-0.15, -0.1) is 0 Å². The zero-order chi connectivity index (χ0) is 14.1. The van der Waals surface area contributed by atoms with Crippen molar-refractivity contribution in [2.45, 2.75) is 77.7 Å². The number of rotatable bonds is 9. The molecule has 114 valence electrons. The van der Waals surface area contributed by atoms with Crippen LogP contribution in [-0.2, 0) is 0 Å². The summed E-state index contributed by atoms with van der Waals surface area (Å²) in [5, 5.41) is 0. The van der Waals surface area contributed by atoms with Crippen molar-refractivity contribution < 1.29 is 0 Å². The molecule has 1 fully saturated rings. The summed E-state index contributed by atoms with van der Waals surface area (Å²) in [5.74, 6) is 0. The van der Waals surface area contributed by atoms with Crippen LogP contribution in [0.1, 0.15) is 72.1 Å². The Morgan fingerprint density at radius 3 is 1.95 bits per heavy atom. The van der Waals surface area contributed by atoms with Crippen molar-refractivity contribution in [2.24, 2.45) is 0 Å². The van der Waals surface area contributed by atoms with Crippen LogP contribution in [0.3, 0.4) is 0 Å². The molecule has 0 saturated carbocycles. The van der Waals surface area contributed by atoms with Gasteiger partial charge < -0.3 is 4.90 Å². The van der Waals surface area contributed by atoms with E-state index in [1.54, 1.807) is 0 Å². The summed E-state index contributed by atoms with van der Waals surface area (Å²) in [7, 11) is 2.25. The monoisotopic (exact) mass is 268 g/mol. The number of nitrogens with zero attached hydrogens (tertiary/aromatic N) is 2. The van der Waals surface area contributed by atoms with Gasteiger partial charge in [0.05, 0.1) is 0 Å². The summed E-state index contributed by atoms with van der Waals surface area (Å²) in [5.41, 5.74) is 0.463. The lowest BCUT2D eigenvalue weighted by atomic mass is 9.86. The van der Waals surface area contributed by atoms with E-state index in [1.165, 1.54) is 77.5 Å². The standard InChI is InChI=1S/C17H36N2/c1-5-7-9-10-12-17(3,11-8-6-2)19-15-13-18(4)14-16-19/h5-16H2,1-4H3. The van der Waals surface area contributed by atoms with Crippen LogP contribution in [0.5, 0.6) is 0 Å². The maximum absolute atomic E-state index is 2.79. The van der Waals surface area contributed by atoms with Crippen molar-refractivity contribution >= 4 is 0 Å². The van der Waals surface area contributed by atoms with Gasteiger partial charge in [0.25, 0.3) is 0 Å². The van der Waals surface area contributed by atoms with Gasteiger partial charge in [-0.25, -0.2) is 0 Å². The van der Waals surface area contributed by atoms with E-state index in [-0.39, 0.29) is 0 Å². The molecule has 1 atom stereocenters. The lowest BCUT2D eigenvalue weighted by molar-refractivity contribution is 0.0359. The van der Waals surface area contributed by atoms with Crippen molar-refractivity contribution in [1.29, 1.82) is 0 Å². The first-order chi connectivity index (χ1) is 9.12. The Morgan fingerprint density at radius 2 is 1.37 bits per heavy atom. The topological polar surface area (TPSA) is 6.48 Å². The van der Waals surface area contributed by atoms with Gasteiger partial charge >= 0.3 is 0 Å². The Balaban J connectivity index is 2.47. The molecule has 0 bridgehead atoms. The summed E-state index contributed by atoms with van der Waals surface area (Å²) >= 11 is 0. The summed E-state index contributed by atoms with van der Waals surface area (Å²) in [6.07, 6.45) is 11.1. The van der Waals surface area contributed by atoms with E-state index in [0.29, 0.717) is 5.54 Å². The van der Waals surface area contributed by atoms with Gasteiger partial charge in [0.2, 0.25) is 0 Å². The minimum atomic E-state index is 0.463. The van der Waals surface area contributed by atoms with Gasteiger partial charge in [-0.3, -0.25) is 4.90 Å². The molecule has 0 radical (unpaired) electrons. The molecule has 1 rings (SSSR count). The van der Waals surface area contributed by atoms with E-state index in [9.17, 15) is 0 Å². The molecule has 1 heterocycles. The average Bonchev–Trinajstić information content (AvgIpc) is 2.42. The largest absolute Gasteiger partial charge is 0.304 e. The molecule has 1 aliphatic heterocycles. The van der Waals surface area contributed by atoms with E-state index in [0.717, 1.165) is 0 Å². The highest BCUT2D eigenvalue weighted by Gasteiger charge is 2.32. The Morgan fingerprint density at radius 1 is 0.789 bits per heavy atom. The van der Waals surface area contributed by atoms with Gasteiger partial charge in [0, 0.05) is 31.7 Å². The first kappa shape index (κ1) is 17.0. The van der Waals surface area contributed by atoms with E-state index in [2.05, 4.69) is 37.6 Å². The molecule has 0 spiro atoms. The number of hydrogen-bond acceptors (Lipinski definition) is 2. The van der Waals surface area contributed by atoms with Crippen LogP contribution in [0.2, 0.25) is 0 Å². The first-order valence-corrected chi connectivity index (χ1v) is 8.56. The molecule has 0 aromatic carbocycles. The number of likely N-dealkylation sites (N-methyl/N-ethyl adjacent to an activating group) is 1. The van der Waals surface area contributed by atoms with Crippen LogP contribution in [-0.4, -0.2) is 48.6 Å². The summed E-state index contributed by atoms with van der Waals surface area (Å²) in [6.45, 7) is 12.2. The molecule has 0 amide bonds. The maximum Gasteiger partial charge on any atom is 0.0182 e. The second-order valence-electron chi connectivity index (χ2n) is 6.70. The third kappa shape index (κ3) is 5.83.